The molecular weight excluding hydrogens is 564 g/mol. The normalized spacial score (nSPS) is 13.7. The van der Waals surface area contributed by atoms with Gasteiger partial charge in [0.25, 0.3) is 17.9 Å². The van der Waals surface area contributed by atoms with Crippen molar-refractivity contribution in [2.45, 2.75) is 72.6 Å². The van der Waals surface area contributed by atoms with Gasteiger partial charge in [-0.2, -0.15) is 0 Å². The Morgan fingerprint density at radius 3 is 2.21 bits per heavy atom. The molecule has 0 atom stereocenters. The van der Waals surface area contributed by atoms with Crippen LogP contribution in [-0.4, -0.2) is 33.4 Å². The molecule has 1 amide bonds. The Bertz CT molecular complexity index is 1630. The number of amides is 1. The van der Waals surface area contributed by atoms with Crippen molar-refractivity contribution >= 4 is 17.2 Å². The lowest BCUT2D eigenvalue weighted by Gasteiger charge is -2.29. The molecule has 0 radical (unpaired) electrons. The van der Waals surface area contributed by atoms with E-state index >= 15 is 0 Å². The quantitative estimate of drug-likeness (QED) is 0.193. The third kappa shape index (κ3) is 6.35. The summed E-state index contributed by atoms with van der Waals surface area (Å²) in [6.07, 6.45) is 2.56. The number of rotatable bonds is 9. The Morgan fingerprint density at radius 1 is 0.977 bits per heavy atom. The number of carbonyl (C=O) groups excluding carboxylic acids is 1. The molecule has 0 N–H and O–H groups in total. The number of thiazole rings is 1. The molecule has 43 heavy (non-hydrogen) atoms. The van der Waals surface area contributed by atoms with E-state index in [1.165, 1.54) is 23.5 Å². The van der Waals surface area contributed by atoms with Crippen molar-refractivity contribution in [3.05, 3.63) is 92.2 Å². The second-order valence-electron chi connectivity index (χ2n) is 11.6. The second kappa shape index (κ2) is 13.3. The topological polar surface area (TPSA) is 55.2 Å². The van der Waals surface area contributed by atoms with Gasteiger partial charge in [0.1, 0.15) is 5.01 Å². The number of para-hydroxylation sites is 1. The lowest BCUT2D eigenvalue weighted by Crippen LogP contribution is -2.38. The summed E-state index contributed by atoms with van der Waals surface area (Å²) in [5.74, 6) is 0.169. The van der Waals surface area contributed by atoms with E-state index in [1.807, 2.05) is 20.9 Å². The molecule has 1 saturated heterocycles. The monoisotopic (exact) mass is 603 g/mol. The molecule has 0 aliphatic carbocycles. The zero-order chi connectivity index (χ0) is 30.7. The first-order valence-electron chi connectivity index (χ1n) is 15.3. The largest absolute Gasteiger partial charge is 0.339 e. The van der Waals surface area contributed by atoms with Gasteiger partial charge in [0.15, 0.2) is 0 Å². The highest BCUT2D eigenvalue weighted by molar-refractivity contribution is 7.13. The van der Waals surface area contributed by atoms with Gasteiger partial charge in [0.05, 0.1) is 22.5 Å². The Labute approximate surface area is 256 Å². The van der Waals surface area contributed by atoms with Gasteiger partial charge in [0.2, 0.25) is 0 Å². The summed E-state index contributed by atoms with van der Waals surface area (Å²) in [6, 6.07) is 14.0. The van der Waals surface area contributed by atoms with E-state index in [9.17, 15) is 18.4 Å². The first kappa shape index (κ1) is 30.8. The van der Waals surface area contributed by atoms with Crippen LogP contribution in [0.2, 0.25) is 0 Å². The lowest BCUT2D eigenvalue weighted by atomic mass is 9.96. The lowest BCUT2D eigenvalue weighted by molar-refractivity contribution is 0.0722. The van der Waals surface area contributed by atoms with Crippen LogP contribution in [0.1, 0.15) is 86.1 Å². The van der Waals surface area contributed by atoms with Crippen molar-refractivity contribution in [2.75, 3.05) is 13.1 Å². The first-order chi connectivity index (χ1) is 20.7. The zero-order valence-corrected chi connectivity index (χ0v) is 26.1. The fourth-order valence-electron chi connectivity index (χ4n) is 5.91. The summed E-state index contributed by atoms with van der Waals surface area (Å²) in [5.41, 5.74) is 5.69. The van der Waals surface area contributed by atoms with E-state index in [2.05, 4.69) is 39.8 Å². The second-order valence-corrected chi connectivity index (χ2v) is 12.5. The third-order valence-electron chi connectivity index (χ3n) is 8.16. The Hall–Kier alpha value is -3.65. The molecule has 226 valence electrons. The number of aryl methyl sites for hydroxylation is 2. The summed E-state index contributed by atoms with van der Waals surface area (Å²) >= 11 is 1.32. The van der Waals surface area contributed by atoms with E-state index in [0.717, 1.165) is 54.6 Å². The fourth-order valence-corrected chi connectivity index (χ4v) is 6.75. The number of aromatic nitrogens is 2. The average Bonchev–Trinajstić information content (AvgIpc) is 3.51. The number of nitrogens with zero attached hydrogens (tertiary/aromatic N) is 3. The predicted molar refractivity (Wildman–Crippen MR) is 171 cm³/mol. The summed E-state index contributed by atoms with van der Waals surface area (Å²) in [5, 5.41) is 2.34. The molecule has 0 unspecified atom stereocenters. The van der Waals surface area contributed by atoms with Crippen LogP contribution in [0.25, 0.3) is 27.5 Å². The van der Waals surface area contributed by atoms with Crippen LogP contribution in [0.5, 0.6) is 0 Å². The number of hydrogen-bond donors (Lipinski definition) is 0. The van der Waals surface area contributed by atoms with Crippen LogP contribution < -0.4 is 5.56 Å². The molecule has 4 aromatic rings. The van der Waals surface area contributed by atoms with E-state index in [1.54, 1.807) is 18.2 Å². The Morgan fingerprint density at radius 2 is 1.63 bits per heavy atom. The summed E-state index contributed by atoms with van der Waals surface area (Å²) in [6.45, 7) is 9.79. The summed E-state index contributed by atoms with van der Waals surface area (Å²) in [7, 11) is 0. The average molecular weight is 604 g/mol. The molecule has 0 spiro atoms. The number of piperidine rings is 1. The highest BCUT2D eigenvalue weighted by Crippen LogP contribution is 2.33. The Kier molecular flexibility index (Phi) is 9.55. The van der Waals surface area contributed by atoms with Crippen molar-refractivity contribution < 1.29 is 13.6 Å². The van der Waals surface area contributed by atoms with Gasteiger partial charge in [-0.1, -0.05) is 70.2 Å². The van der Waals surface area contributed by atoms with E-state index in [4.69, 9.17) is 4.98 Å². The van der Waals surface area contributed by atoms with Gasteiger partial charge >= 0.3 is 0 Å². The maximum atomic E-state index is 14.6. The van der Waals surface area contributed by atoms with E-state index in [-0.39, 0.29) is 22.9 Å². The van der Waals surface area contributed by atoms with Gasteiger partial charge in [-0.05, 0) is 61.6 Å². The molecule has 1 aliphatic rings. The number of benzene rings is 2. The number of hydrogen-bond acceptors (Lipinski definition) is 4. The minimum atomic E-state index is -2.54. The highest BCUT2D eigenvalue weighted by atomic mass is 32.1. The number of pyridine rings is 1. The van der Waals surface area contributed by atoms with Crippen LogP contribution in [0.3, 0.4) is 0 Å². The molecule has 8 heteroatoms. The van der Waals surface area contributed by atoms with Crippen LogP contribution >= 0.6 is 11.3 Å². The number of halogens is 2. The van der Waals surface area contributed by atoms with Crippen molar-refractivity contribution in [3.8, 4) is 27.5 Å². The minimum absolute atomic E-state index is 0.0447. The molecule has 1 aliphatic heterocycles. The molecule has 2 aromatic carbocycles. The molecule has 2 aromatic heterocycles. The maximum absolute atomic E-state index is 14.6. The molecule has 5 nitrogen and oxygen atoms in total. The maximum Gasteiger partial charge on any atom is 0.265 e. The van der Waals surface area contributed by atoms with Crippen molar-refractivity contribution in [2.24, 2.45) is 5.92 Å². The van der Waals surface area contributed by atoms with Crippen molar-refractivity contribution in [3.63, 3.8) is 0 Å². The smallest absolute Gasteiger partial charge is 0.265 e. The van der Waals surface area contributed by atoms with Gasteiger partial charge < -0.3 is 4.90 Å². The van der Waals surface area contributed by atoms with Crippen molar-refractivity contribution in [1.82, 2.24) is 14.5 Å². The molecule has 0 saturated carbocycles. The fraction of sp³-hybridized carbons (Fsp3) is 0.400. The van der Waals surface area contributed by atoms with Crippen molar-refractivity contribution in [1.29, 1.82) is 0 Å². The molecule has 1 fully saturated rings. The summed E-state index contributed by atoms with van der Waals surface area (Å²) < 4.78 is 28.1. The third-order valence-corrected chi connectivity index (χ3v) is 9.04. The van der Waals surface area contributed by atoms with Crippen LogP contribution in [0.4, 0.5) is 8.78 Å². The molecule has 0 bridgehead atoms. The van der Waals surface area contributed by atoms with Gasteiger partial charge in [-0.25, -0.2) is 13.8 Å². The zero-order valence-electron chi connectivity index (χ0n) is 25.3. The van der Waals surface area contributed by atoms with Gasteiger partial charge in [0, 0.05) is 35.3 Å². The van der Waals surface area contributed by atoms with Crippen LogP contribution in [0, 0.1) is 5.92 Å². The SMILES string of the molecule is CCc1cccc(CC)c1-n1c(CC(C)C)c(C(=O)N2CCCCC2)cc(-c2nc(-c3ccc(C(F)F)cc3)cs2)c1=O. The highest BCUT2D eigenvalue weighted by Gasteiger charge is 2.28. The van der Waals surface area contributed by atoms with Crippen LogP contribution in [-0.2, 0) is 19.3 Å². The molecule has 3 heterocycles. The van der Waals surface area contributed by atoms with Gasteiger partial charge in [-0.3, -0.25) is 14.2 Å². The summed E-state index contributed by atoms with van der Waals surface area (Å²) in [4.78, 5) is 35.6. The predicted octanol–water partition coefficient (Wildman–Crippen LogP) is 8.52. The number of alkyl halides is 2. The number of carbonyl (C=O) groups is 1. The first-order valence-corrected chi connectivity index (χ1v) is 16.1. The van der Waals surface area contributed by atoms with E-state index in [0.29, 0.717) is 46.9 Å². The standard InChI is InChI=1S/C35H39F2N3O2S/c1-5-23-11-10-12-24(6-2)31(23)40-30(19-22(3)4)27(34(41)39-17-8-7-9-18-39)20-28(35(40)42)33-38-29(21-43-33)25-13-15-26(16-14-25)32(36)37/h10-16,20-22,32H,5-9,17-19H2,1-4H3. The van der Waals surface area contributed by atoms with Gasteiger partial charge in [-0.15, -0.1) is 11.3 Å². The van der Waals surface area contributed by atoms with E-state index < -0.39 is 6.43 Å². The Balaban J connectivity index is 1.76. The molecular formula is C35H39F2N3O2S. The molecule has 5 rings (SSSR count). The minimum Gasteiger partial charge on any atom is -0.339 e. The number of likely N-dealkylation sites (tertiary alicyclic amines) is 1. The van der Waals surface area contributed by atoms with Crippen LogP contribution in [0.15, 0.2) is 58.7 Å².